The Morgan fingerprint density at radius 2 is 1.83 bits per heavy atom. The van der Waals surface area contributed by atoms with Crippen LogP contribution in [0.1, 0.15) is 17.2 Å². The maximum absolute atomic E-state index is 12.9. The van der Waals surface area contributed by atoms with Gasteiger partial charge in [-0.3, -0.25) is 14.5 Å². The predicted molar refractivity (Wildman–Crippen MR) is 114 cm³/mol. The van der Waals surface area contributed by atoms with Crippen molar-refractivity contribution in [3.63, 3.8) is 0 Å². The molecule has 1 saturated heterocycles. The number of nitrogens with zero attached hydrogens (tertiary/aromatic N) is 2. The average molecular weight is 471 g/mol. The van der Waals surface area contributed by atoms with E-state index in [-0.39, 0.29) is 11.3 Å². The molecular weight excluding hydrogens is 456 g/mol. The summed E-state index contributed by atoms with van der Waals surface area (Å²) >= 11 is 4.60. The van der Waals surface area contributed by atoms with Crippen molar-refractivity contribution in [3.8, 4) is 5.75 Å². The summed E-state index contributed by atoms with van der Waals surface area (Å²) in [6, 6.07) is 13.1. The smallest absolute Gasteiger partial charge is 0.301 e. The normalized spacial score (nSPS) is 18.3. The molecule has 3 aromatic rings. The molecule has 146 valence electrons. The number of benzene rings is 2. The molecule has 1 aliphatic rings. The lowest BCUT2D eigenvalue weighted by Crippen LogP contribution is -2.29. The van der Waals surface area contributed by atoms with Gasteiger partial charge in [-0.15, -0.1) is 11.3 Å². The first-order chi connectivity index (χ1) is 14.0. The number of Topliss-reactive ketones (excluding diaryl/α,β-unsaturated/α-hetero) is 1. The van der Waals surface area contributed by atoms with Gasteiger partial charge in [-0.05, 0) is 29.8 Å². The Kier molecular flexibility index (Phi) is 5.21. The van der Waals surface area contributed by atoms with Crippen LogP contribution in [-0.4, -0.2) is 28.9 Å². The summed E-state index contributed by atoms with van der Waals surface area (Å²) in [5.74, 6) is -1.05. The Balaban J connectivity index is 1.91. The number of methoxy groups -OCH3 is 1. The molecule has 1 amide bonds. The Hall–Kier alpha value is -2.97. The zero-order valence-electron chi connectivity index (χ0n) is 15.2. The lowest BCUT2D eigenvalue weighted by Gasteiger charge is -2.23. The van der Waals surface area contributed by atoms with Crippen LogP contribution in [-0.2, 0) is 9.59 Å². The van der Waals surface area contributed by atoms with Crippen molar-refractivity contribution < 1.29 is 19.4 Å². The monoisotopic (exact) mass is 470 g/mol. The van der Waals surface area contributed by atoms with E-state index in [2.05, 4.69) is 20.9 Å². The van der Waals surface area contributed by atoms with Crippen molar-refractivity contribution in [1.82, 2.24) is 4.98 Å². The van der Waals surface area contributed by atoms with Crippen LogP contribution in [0, 0.1) is 0 Å². The highest BCUT2D eigenvalue weighted by molar-refractivity contribution is 9.10. The van der Waals surface area contributed by atoms with Crippen LogP contribution in [0.5, 0.6) is 5.75 Å². The molecule has 1 N–H and O–H groups in total. The van der Waals surface area contributed by atoms with Crippen molar-refractivity contribution in [2.24, 2.45) is 0 Å². The van der Waals surface area contributed by atoms with Gasteiger partial charge in [0, 0.05) is 21.6 Å². The van der Waals surface area contributed by atoms with Gasteiger partial charge in [0.25, 0.3) is 5.78 Å². The number of hydrogen-bond acceptors (Lipinski definition) is 6. The van der Waals surface area contributed by atoms with Crippen LogP contribution in [0.25, 0.3) is 5.76 Å². The number of anilines is 1. The number of aliphatic hydroxyl groups is 1. The van der Waals surface area contributed by atoms with Gasteiger partial charge in [-0.25, -0.2) is 4.98 Å². The van der Waals surface area contributed by atoms with E-state index in [1.165, 1.54) is 16.2 Å². The largest absolute Gasteiger partial charge is 0.507 e. The zero-order valence-corrected chi connectivity index (χ0v) is 17.6. The molecule has 6 nitrogen and oxygen atoms in total. The van der Waals surface area contributed by atoms with Crippen molar-refractivity contribution in [2.45, 2.75) is 6.04 Å². The van der Waals surface area contributed by atoms with Crippen LogP contribution < -0.4 is 9.64 Å². The third-order valence-corrected chi connectivity index (χ3v) is 5.92. The number of thiazole rings is 1. The summed E-state index contributed by atoms with van der Waals surface area (Å²) < 4.78 is 6.04. The van der Waals surface area contributed by atoms with Crippen LogP contribution in [0.3, 0.4) is 0 Å². The van der Waals surface area contributed by atoms with E-state index in [0.29, 0.717) is 22.0 Å². The fourth-order valence-electron chi connectivity index (χ4n) is 3.23. The standard InChI is InChI=1S/C21H15BrN2O4S/c1-28-15-8-4-12(5-9-15)17-16(18(25)13-2-6-14(22)7-3-13)19(26)20(27)24(17)21-23-10-11-29-21/h2-11,17,25H,1H3/b18-16+/t17-/m0/s1. The first-order valence-electron chi connectivity index (χ1n) is 8.61. The van der Waals surface area contributed by atoms with Gasteiger partial charge in [-0.2, -0.15) is 0 Å². The number of carbonyl (C=O) groups excluding carboxylic acids is 2. The van der Waals surface area contributed by atoms with Crippen molar-refractivity contribution in [3.05, 3.63) is 81.3 Å². The lowest BCUT2D eigenvalue weighted by molar-refractivity contribution is -0.132. The van der Waals surface area contributed by atoms with Crippen LogP contribution in [0.4, 0.5) is 5.13 Å². The quantitative estimate of drug-likeness (QED) is 0.344. The summed E-state index contributed by atoms with van der Waals surface area (Å²) in [6.45, 7) is 0. The molecule has 1 aliphatic heterocycles. The van der Waals surface area contributed by atoms with Gasteiger partial charge < -0.3 is 9.84 Å². The summed E-state index contributed by atoms with van der Waals surface area (Å²) in [5, 5.41) is 13.1. The summed E-state index contributed by atoms with van der Waals surface area (Å²) in [6.07, 6.45) is 1.57. The fraction of sp³-hybridized carbons (Fsp3) is 0.0952. The topological polar surface area (TPSA) is 79.7 Å². The van der Waals surface area contributed by atoms with E-state index in [4.69, 9.17) is 4.74 Å². The van der Waals surface area contributed by atoms with Gasteiger partial charge in [-0.1, -0.05) is 40.2 Å². The van der Waals surface area contributed by atoms with E-state index in [9.17, 15) is 14.7 Å². The number of aromatic nitrogens is 1. The highest BCUT2D eigenvalue weighted by Gasteiger charge is 2.47. The highest BCUT2D eigenvalue weighted by atomic mass is 79.9. The second kappa shape index (κ2) is 7.81. The highest BCUT2D eigenvalue weighted by Crippen LogP contribution is 2.43. The van der Waals surface area contributed by atoms with Gasteiger partial charge in [0.05, 0.1) is 18.7 Å². The van der Waals surface area contributed by atoms with Gasteiger partial charge in [0.2, 0.25) is 0 Å². The number of halogens is 1. The van der Waals surface area contributed by atoms with Crippen LogP contribution in [0.2, 0.25) is 0 Å². The number of aliphatic hydroxyl groups excluding tert-OH is 1. The molecule has 2 aromatic carbocycles. The number of ether oxygens (including phenoxy) is 1. The number of rotatable bonds is 4. The van der Waals surface area contributed by atoms with Crippen molar-refractivity contribution >= 4 is 49.8 Å². The second-order valence-electron chi connectivity index (χ2n) is 6.26. The Labute approximate surface area is 179 Å². The second-order valence-corrected chi connectivity index (χ2v) is 8.05. The minimum Gasteiger partial charge on any atom is -0.507 e. The molecule has 0 radical (unpaired) electrons. The van der Waals surface area contributed by atoms with Crippen LogP contribution in [0.15, 0.2) is 70.2 Å². The molecule has 0 saturated carbocycles. The number of carbonyl (C=O) groups is 2. The molecule has 0 unspecified atom stereocenters. The van der Waals surface area contributed by atoms with Crippen molar-refractivity contribution in [1.29, 1.82) is 0 Å². The average Bonchev–Trinajstić information content (AvgIpc) is 3.35. The summed E-state index contributed by atoms with van der Waals surface area (Å²) in [7, 11) is 1.56. The Bertz CT molecular complexity index is 1090. The van der Waals surface area contributed by atoms with E-state index in [1.54, 1.807) is 67.2 Å². The third-order valence-electron chi connectivity index (χ3n) is 4.62. The molecule has 29 heavy (non-hydrogen) atoms. The fourth-order valence-corrected chi connectivity index (χ4v) is 4.16. The first-order valence-corrected chi connectivity index (χ1v) is 10.3. The maximum Gasteiger partial charge on any atom is 0.301 e. The third kappa shape index (κ3) is 3.45. The number of hydrogen-bond donors (Lipinski definition) is 1. The Morgan fingerprint density at radius 3 is 2.41 bits per heavy atom. The lowest BCUT2D eigenvalue weighted by atomic mass is 9.95. The van der Waals surface area contributed by atoms with Gasteiger partial charge >= 0.3 is 5.91 Å². The van der Waals surface area contributed by atoms with E-state index < -0.39 is 17.7 Å². The minimum absolute atomic E-state index is 0.0256. The summed E-state index contributed by atoms with van der Waals surface area (Å²) in [5.41, 5.74) is 1.14. The molecule has 1 aromatic heterocycles. The number of ketones is 1. The van der Waals surface area contributed by atoms with E-state index in [0.717, 1.165) is 4.47 Å². The van der Waals surface area contributed by atoms with E-state index >= 15 is 0 Å². The molecule has 0 spiro atoms. The molecule has 1 fully saturated rings. The molecule has 8 heteroatoms. The molecule has 1 atom stereocenters. The zero-order chi connectivity index (χ0) is 20.5. The minimum atomic E-state index is -0.796. The first kappa shape index (κ1) is 19.4. The van der Waals surface area contributed by atoms with Gasteiger partial charge in [0.15, 0.2) is 5.13 Å². The number of amides is 1. The van der Waals surface area contributed by atoms with Gasteiger partial charge in [0.1, 0.15) is 11.5 Å². The summed E-state index contributed by atoms with van der Waals surface area (Å²) in [4.78, 5) is 31.3. The molecule has 2 heterocycles. The molecule has 4 rings (SSSR count). The molecule has 0 aliphatic carbocycles. The predicted octanol–water partition coefficient (Wildman–Crippen LogP) is 4.54. The van der Waals surface area contributed by atoms with Crippen molar-refractivity contribution in [2.75, 3.05) is 12.0 Å². The SMILES string of the molecule is COc1ccc([C@H]2/C(=C(\O)c3ccc(Br)cc3)C(=O)C(=O)N2c2nccs2)cc1. The maximum atomic E-state index is 12.9. The molecule has 0 bridgehead atoms. The molecular formula is C21H15BrN2O4S. The Morgan fingerprint density at radius 1 is 1.14 bits per heavy atom. The van der Waals surface area contributed by atoms with Crippen LogP contribution >= 0.6 is 27.3 Å². The van der Waals surface area contributed by atoms with E-state index in [1.807, 2.05) is 0 Å².